The number of hydrogen-bond donors (Lipinski definition) is 3. The molecule has 2 aromatic heterocycles. The molecule has 0 bridgehead atoms. The second-order valence-electron chi connectivity index (χ2n) is 9.75. The highest BCUT2D eigenvalue weighted by atomic mass is 15.3. The Hall–Kier alpha value is -2.47. The Morgan fingerprint density at radius 1 is 1.10 bits per heavy atom. The standard InChI is InChI=1S/C24H34N6/c1-24(2,3)17-9-11-18(12-10-17)26-14-13-19(16-7-5-4-6-8-16)20-15-21(25)27-23-22(20)28-30-29-23/h4-8,15,17-19,26H,9-14H2,1-3H3,(H3,25,27,28,29,30). The molecule has 1 aromatic carbocycles. The van der Waals surface area contributed by atoms with Gasteiger partial charge in [-0.2, -0.15) is 10.3 Å². The lowest BCUT2D eigenvalue weighted by molar-refractivity contribution is 0.160. The summed E-state index contributed by atoms with van der Waals surface area (Å²) in [5.74, 6) is 1.52. The van der Waals surface area contributed by atoms with Crippen molar-refractivity contribution < 1.29 is 0 Å². The second-order valence-corrected chi connectivity index (χ2v) is 9.75. The quantitative estimate of drug-likeness (QED) is 0.554. The van der Waals surface area contributed by atoms with Crippen molar-refractivity contribution in [2.45, 2.75) is 64.8 Å². The molecule has 3 aromatic rings. The van der Waals surface area contributed by atoms with Gasteiger partial charge in [0.15, 0.2) is 0 Å². The third kappa shape index (κ3) is 4.64. The maximum absolute atomic E-state index is 6.08. The van der Waals surface area contributed by atoms with E-state index in [1.807, 2.05) is 6.07 Å². The number of anilines is 1. The van der Waals surface area contributed by atoms with Crippen LogP contribution in [-0.2, 0) is 0 Å². The Bertz CT molecular complexity index is 951. The van der Waals surface area contributed by atoms with Gasteiger partial charge in [-0.3, -0.25) is 0 Å². The lowest BCUT2D eigenvalue weighted by Gasteiger charge is -2.37. The molecule has 4 N–H and O–H groups in total. The molecule has 0 amide bonds. The highest BCUT2D eigenvalue weighted by molar-refractivity contribution is 5.77. The molecule has 2 heterocycles. The summed E-state index contributed by atoms with van der Waals surface area (Å²) in [5.41, 5.74) is 10.3. The first-order valence-electron chi connectivity index (χ1n) is 11.2. The molecule has 1 aliphatic carbocycles. The molecular weight excluding hydrogens is 372 g/mol. The Labute approximate surface area is 179 Å². The third-order valence-electron chi connectivity index (χ3n) is 6.74. The van der Waals surface area contributed by atoms with Gasteiger partial charge >= 0.3 is 0 Å². The van der Waals surface area contributed by atoms with Gasteiger partial charge in [0.05, 0.1) is 0 Å². The number of aromatic nitrogens is 4. The van der Waals surface area contributed by atoms with Crippen LogP contribution in [0.25, 0.3) is 11.2 Å². The first kappa shape index (κ1) is 20.8. The van der Waals surface area contributed by atoms with E-state index in [2.05, 4.69) is 76.8 Å². The predicted octanol–water partition coefficient (Wildman–Crippen LogP) is 4.65. The number of pyridine rings is 1. The van der Waals surface area contributed by atoms with Gasteiger partial charge in [0.25, 0.3) is 0 Å². The summed E-state index contributed by atoms with van der Waals surface area (Å²) >= 11 is 0. The molecule has 1 fully saturated rings. The van der Waals surface area contributed by atoms with Crippen molar-refractivity contribution >= 4 is 17.0 Å². The van der Waals surface area contributed by atoms with Gasteiger partial charge in [-0.25, -0.2) is 4.98 Å². The zero-order valence-corrected chi connectivity index (χ0v) is 18.4. The number of nitrogen functional groups attached to an aromatic ring is 1. The minimum Gasteiger partial charge on any atom is -0.384 e. The van der Waals surface area contributed by atoms with Crippen LogP contribution in [0.2, 0.25) is 0 Å². The van der Waals surface area contributed by atoms with Crippen LogP contribution < -0.4 is 11.1 Å². The number of nitrogens with two attached hydrogens (primary N) is 1. The molecule has 0 saturated heterocycles. The Morgan fingerprint density at radius 2 is 1.83 bits per heavy atom. The Kier molecular flexibility index (Phi) is 6.04. The van der Waals surface area contributed by atoms with Crippen LogP contribution in [0.3, 0.4) is 0 Å². The summed E-state index contributed by atoms with van der Waals surface area (Å²) in [6.07, 6.45) is 6.17. The fraction of sp³-hybridized carbons (Fsp3) is 0.542. The van der Waals surface area contributed by atoms with E-state index in [0.29, 0.717) is 22.9 Å². The molecule has 6 heteroatoms. The zero-order chi connectivity index (χ0) is 21.1. The second kappa shape index (κ2) is 8.72. The molecule has 0 radical (unpaired) electrons. The number of nitrogens with one attached hydrogen (secondary N) is 2. The van der Waals surface area contributed by atoms with Crippen molar-refractivity contribution in [3.05, 3.63) is 47.5 Å². The monoisotopic (exact) mass is 406 g/mol. The summed E-state index contributed by atoms with van der Waals surface area (Å²) < 4.78 is 0. The maximum atomic E-state index is 6.08. The van der Waals surface area contributed by atoms with Gasteiger partial charge in [0.1, 0.15) is 11.3 Å². The van der Waals surface area contributed by atoms with Crippen LogP contribution in [0.15, 0.2) is 36.4 Å². The van der Waals surface area contributed by atoms with Gasteiger partial charge in [-0.1, -0.05) is 51.1 Å². The van der Waals surface area contributed by atoms with Crippen molar-refractivity contribution in [2.75, 3.05) is 12.3 Å². The Balaban J connectivity index is 1.47. The topological polar surface area (TPSA) is 92.5 Å². The summed E-state index contributed by atoms with van der Waals surface area (Å²) in [6.45, 7) is 8.09. The Morgan fingerprint density at radius 3 is 2.53 bits per heavy atom. The van der Waals surface area contributed by atoms with Crippen LogP contribution in [0.4, 0.5) is 5.82 Å². The predicted molar refractivity (Wildman–Crippen MR) is 122 cm³/mol. The molecule has 1 aliphatic rings. The van der Waals surface area contributed by atoms with Crippen LogP contribution in [0.5, 0.6) is 0 Å². The lowest BCUT2D eigenvalue weighted by atomic mass is 9.71. The van der Waals surface area contributed by atoms with E-state index in [4.69, 9.17) is 5.73 Å². The minimum atomic E-state index is 0.197. The summed E-state index contributed by atoms with van der Waals surface area (Å²) in [6, 6.07) is 13.2. The normalized spacial score (nSPS) is 21.0. The zero-order valence-electron chi connectivity index (χ0n) is 18.4. The first-order valence-corrected chi connectivity index (χ1v) is 11.2. The van der Waals surface area contributed by atoms with E-state index in [9.17, 15) is 0 Å². The number of rotatable bonds is 6. The molecular formula is C24H34N6. The highest BCUT2D eigenvalue weighted by Gasteiger charge is 2.29. The molecule has 1 atom stereocenters. The van der Waals surface area contributed by atoms with Crippen molar-refractivity contribution in [3.63, 3.8) is 0 Å². The van der Waals surface area contributed by atoms with E-state index in [0.717, 1.165) is 30.0 Å². The molecule has 0 spiro atoms. The molecule has 1 saturated carbocycles. The fourth-order valence-corrected chi connectivity index (χ4v) is 4.93. The van der Waals surface area contributed by atoms with Gasteiger partial charge in [-0.05, 0) is 67.2 Å². The van der Waals surface area contributed by atoms with Gasteiger partial charge < -0.3 is 11.1 Å². The largest absolute Gasteiger partial charge is 0.384 e. The number of aromatic amines is 1. The smallest absolute Gasteiger partial charge is 0.203 e. The van der Waals surface area contributed by atoms with E-state index in [-0.39, 0.29) is 5.92 Å². The van der Waals surface area contributed by atoms with Crippen LogP contribution in [0.1, 0.15) is 69.9 Å². The maximum Gasteiger partial charge on any atom is 0.203 e. The summed E-state index contributed by atoms with van der Waals surface area (Å²) in [7, 11) is 0. The third-order valence-corrected chi connectivity index (χ3v) is 6.74. The van der Waals surface area contributed by atoms with E-state index >= 15 is 0 Å². The molecule has 4 rings (SSSR count). The van der Waals surface area contributed by atoms with Crippen molar-refractivity contribution in [1.29, 1.82) is 0 Å². The number of benzene rings is 1. The molecule has 160 valence electrons. The van der Waals surface area contributed by atoms with E-state index < -0.39 is 0 Å². The SMILES string of the molecule is CC(C)(C)C1CCC(NCCC(c2ccccc2)c2cc(N)nc3n[nH]nc23)CC1. The molecule has 30 heavy (non-hydrogen) atoms. The van der Waals surface area contributed by atoms with Crippen LogP contribution in [0, 0.1) is 11.3 Å². The molecule has 0 aliphatic heterocycles. The van der Waals surface area contributed by atoms with Crippen molar-refractivity contribution in [1.82, 2.24) is 25.7 Å². The van der Waals surface area contributed by atoms with Crippen LogP contribution >= 0.6 is 0 Å². The first-order chi connectivity index (χ1) is 14.4. The average molecular weight is 407 g/mol. The molecule has 6 nitrogen and oxygen atoms in total. The average Bonchev–Trinajstić information content (AvgIpc) is 3.19. The van der Waals surface area contributed by atoms with Crippen LogP contribution in [-0.4, -0.2) is 33.0 Å². The minimum absolute atomic E-state index is 0.197. The van der Waals surface area contributed by atoms with Crippen molar-refractivity contribution in [3.8, 4) is 0 Å². The number of nitrogens with zero attached hydrogens (tertiary/aromatic N) is 3. The lowest BCUT2D eigenvalue weighted by Crippen LogP contribution is -2.37. The summed E-state index contributed by atoms with van der Waals surface area (Å²) in [4.78, 5) is 4.31. The van der Waals surface area contributed by atoms with Gasteiger partial charge in [-0.15, -0.1) is 5.10 Å². The van der Waals surface area contributed by atoms with E-state index in [1.54, 1.807) is 0 Å². The summed E-state index contributed by atoms with van der Waals surface area (Å²) in [5, 5.41) is 15.0. The number of hydrogen-bond acceptors (Lipinski definition) is 5. The molecule has 1 unspecified atom stereocenters. The van der Waals surface area contributed by atoms with Gasteiger partial charge in [0, 0.05) is 12.0 Å². The fourth-order valence-electron chi connectivity index (χ4n) is 4.93. The highest BCUT2D eigenvalue weighted by Crippen LogP contribution is 2.38. The number of H-pyrrole nitrogens is 1. The van der Waals surface area contributed by atoms with Gasteiger partial charge in [0.2, 0.25) is 5.65 Å². The van der Waals surface area contributed by atoms with Crippen molar-refractivity contribution in [2.24, 2.45) is 11.3 Å². The van der Waals surface area contributed by atoms with E-state index in [1.165, 1.54) is 31.2 Å². The number of fused-ring (bicyclic) bond motifs is 1.